The molecule has 1 aliphatic rings. The molecule has 1 N–H and O–H groups in total. The highest BCUT2D eigenvalue weighted by atomic mass is 35.5. The summed E-state index contributed by atoms with van der Waals surface area (Å²) >= 11 is 1.78. The molecule has 1 aromatic heterocycles. The number of thiazole rings is 1. The summed E-state index contributed by atoms with van der Waals surface area (Å²) < 4.78 is 0. The molecule has 0 unspecified atom stereocenters. The van der Waals surface area contributed by atoms with Gasteiger partial charge in [-0.25, -0.2) is 4.98 Å². The number of hydrogen-bond acceptors (Lipinski definition) is 4. The standard InChI is InChI=1S/C16H21N3S.2ClH/c1-12(2)16-18-14(11-20-16)10-19-8-7-17-9-13-5-3-4-6-15(13)19;;/h3-6,11-12,17H,7-10H2,1-2H3;2*1H. The van der Waals surface area contributed by atoms with E-state index in [0.717, 1.165) is 26.2 Å². The maximum absolute atomic E-state index is 4.76. The molecule has 0 fully saturated rings. The molecule has 3 rings (SSSR count). The third kappa shape index (κ3) is 4.35. The molecule has 2 aromatic rings. The van der Waals surface area contributed by atoms with Crippen LogP contribution in [0.4, 0.5) is 5.69 Å². The molecule has 0 radical (unpaired) electrons. The summed E-state index contributed by atoms with van der Waals surface area (Å²) in [4.78, 5) is 7.20. The first-order chi connectivity index (χ1) is 9.74. The van der Waals surface area contributed by atoms with E-state index in [-0.39, 0.29) is 24.8 Å². The van der Waals surface area contributed by atoms with Crippen LogP contribution < -0.4 is 10.2 Å². The van der Waals surface area contributed by atoms with Crippen molar-refractivity contribution in [2.24, 2.45) is 0 Å². The second kappa shape index (κ2) is 8.73. The van der Waals surface area contributed by atoms with Crippen LogP contribution >= 0.6 is 36.2 Å². The second-order valence-corrected chi connectivity index (χ2v) is 6.45. The average Bonchev–Trinajstić information content (AvgIpc) is 2.82. The van der Waals surface area contributed by atoms with E-state index >= 15 is 0 Å². The fourth-order valence-corrected chi connectivity index (χ4v) is 3.37. The van der Waals surface area contributed by atoms with E-state index in [1.54, 1.807) is 11.3 Å². The normalized spacial score (nSPS) is 13.9. The Labute approximate surface area is 149 Å². The molecule has 6 heteroatoms. The number of rotatable bonds is 3. The van der Waals surface area contributed by atoms with Gasteiger partial charge >= 0.3 is 0 Å². The molecule has 0 amide bonds. The van der Waals surface area contributed by atoms with Crippen LogP contribution in [0.1, 0.15) is 36.0 Å². The van der Waals surface area contributed by atoms with Crippen molar-refractivity contribution in [3.8, 4) is 0 Å². The van der Waals surface area contributed by atoms with Crippen molar-refractivity contribution < 1.29 is 0 Å². The zero-order chi connectivity index (χ0) is 13.9. The second-order valence-electron chi connectivity index (χ2n) is 5.56. The molecule has 1 aromatic carbocycles. The van der Waals surface area contributed by atoms with Gasteiger partial charge in [0, 0.05) is 36.6 Å². The molecule has 0 saturated heterocycles. The van der Waals surface area contributed by atoms with E-state index in [1.807, 2.05) is 0 Å². The molecule has 0 spiro atoms. The Hall–Kier alpha value is -0.810. The van der Waals surface area contributed by atoms with E-state index in [4.69, 9.17) is 4.98 Å². The minimum Gasteiger partial charge on any atom is -0.364 e. The molecule has 1 aliphatic heterocycles. The third-order valence-corrected chi connectivity index (χ3v) is 4.82. The summed E-state index contributed by atoms with van der Waals surface area (Å²) in [7, 11) is 0. The number of hydrogen-bond donors (Lipinski definition) is 1. The first-order valence-corrected chi connectivity index (χ1v) is 8.10. The number of para-hydroxylation sites is 1. The Morgan fingerprint density at radius 1 is 1.27 bits per heavy atom. The van der Waals surface area contributed by atoms with Crippen LogP contribution in [-0.4, -0.2) is 18.1 Å². The summed E-state index contributed by atoms with van der Waals surface area (Å²) in [5, 5.41) is 6.93. The lowest BCUT2D eigenvalue weighted by atomic mass is 10.1. The highest BCUT2D eigenvalue weighted by molar-refractivity contribution is 7.09. The molecule has 0 bridgehead atoms. The van der Waals surface area contributed by atoms with Crippen LogP contribution in [0.2, 0.25) is 0 Å². The molecule has 0 atom stereocenters. The van der Waals surface area contributed by atoms with Crippen LogP contribution in [0, 0.1) is 0 Å². The predicted octanol–water partition coefficient (Wildman–Crippen LogP) is 4.22. The maximum Gasteiger partial charge on any atom is 0.0954 e. The van der Waals surface area contributed by atoms with Crippen molar-refractivity contribution in [1.82, 2.24) is 10.3 Å². The largest absolute Gasteiger partial charge is 0.364 e. The van der Waals surface area contributed by atoms with Gasteiger partial charge in [-0.05, 0) is 11.6 Å². The van der Waals surface area contributed by atoms with Crippen LogP contribution in [0.3, 0.4) is 0 Å². The first-order valence-electron chi connectivity index (χ1n) is 7.22. The molecule has 22 heavy (non-hydrogen) atoms. The number of nitrogens with zero attached hydrogens (tertiary/aromatic N) is 2. The summed E-state index contributed by atoms with van der Waals surface area (Å²) in [6.07, 6.45) is 0. The lowest BCUT2D eigenvalue weighted by Gasteiger charge is -2.23. The smallest absolute Gasteiger partial charge is 0.0954 e. The summed E-state index contributed by atoms with van der Waals surface area (Å²) in [5.41, 5.74) is 3.91. The lowest BCUT2D eigenvalue weighted by molar-refractivity contribution is 0.684. The van der Waals surface area contributed by atoms with Crippen LogP contribution in [0.5, 0.6) is 0 Å². The van der Waals surface area contributed by atoms with Gasteiger partial charge in [-0.15, -0.1) is 36.2 Å². The zero-order valence-corrected chi connectivity index (χ0v) is 15.4. The summed E-state index contributed by atoms with van der Waals surface area (Å²) in [6, 6.07) is 8.67. The molecule has 2 heterocycles. The van der Waals surface area contributed by atoms with E-state index < -0.39 is 0 Å². The number of aromatic nitrogens is 1. The highest BCUT2D eigenvalue weighted by Gasteiger charge is 2.16. The number of halogens is 2. The zero-order valence-electron chi connectivity index (χ0n) is 12.9. The Balaban J connectivity index is 0.00000121. The van der Waals surface area contributed by atoms with Crippen molar-refractivity contribution in [3.63, 3.8) is 0 Å². The SMILES string of the molecule is CC(C)c1nc(CN2CCNCc3ccccc32)cs1.Cl.Cl. The fourth-order valence-electron chi connectivity index (χ4n) is 2.55. The third-order valence-electron chi connectivity index (χ3n) is 3.62. The number of benzene rings is 1. The van der Waals surface area contributed by atoms with Gasteiger partial charge in [0.15, 0.2) is 0 Å². The van der Waals surface area contributed by atoms with Gasteiger partial charge in [0.25, 0.3) is 0 Å². The van der Waals surface area contributed by atoms with Gasteiger partial charge in [0.05, 0.1) is 17.2 Å². The topological polar surface area (TPSA) is 28.2 Å². The van der Waals surface area contributed by atoms with Crippen LogP contribution in [0.25, 0.3) is 0 Å². The van der Waals surface area contributed by atoms with Crippen molar-refractivity contribution in [3.05, 3.63) is 45.9 Å². The van der Waals surface area contributed by atoms with Crippen molar-refractivity contribution in [2.45, 2.75) is 32.9 Å². The van der Waals surface area contributed by atoms with E-state index in [9.17, 15) is 0 Å². The summed E-state index contributed by atoms with van der Waals surface area (Å²) in [5.74, 6) is 0.520. The summed E-state index contributed by atoms with van der Waals surface area (Å²) in [6.45, 7) is 8.33. The minimum absolute atomic E-state index is 0. The molecular weight excluding hydrogens is 337 g/mol. The van der Waals surface area contributed by atoms with Crippen LogP contribution in [0.15, 0.2) is 29.6 Å². The molecule has 0 aliphatic carbocycles. The lowest BCUT2D eigenvalue weighted by Crippen LogP contribution is -2.28. The van der Waals surface area contributed by atoms with Gasteiger partial charge in [-0.1, -0.05) is 32.0 Å². The Morgan fingerprint density at radius 3 is 2.77 bits per heavy atom. The minimum atomic E-state index is 0. The highest BCUT2D eigenvalue weighted by Crippen LogP contribution is 2.25. The van der Waals surface area contributed by atoms with E-state index in [2.05, 4.69) is 53.7 Å². The van der Waals surface area contributed by atoms with Gasteiger partial charge in [-0.2, -0.15) is 0 Å². The average molecular weight is 360 g/mol. The molecule has 0 saturated carbocycles. The Kier molecular flexibility index (Phi) is 7.63. The molecule has 122 valence electrons. The van der Waals surface area contributed by atoms with Gasteiger partial charge in [0.2, 0.25) is 0 Å². The van der Waals surface area contributed by atoms with Crippen molar-refractivity contribution in [2.75, 3.05) is 18.0 Å². The monoisotopic (exact) mass is 359 g/mol. The van der Waals surface area contributed by atoms with Crippen molar-refractivity contribution in [1.29, 1.82) is 0 Å². The predicted molar refractivity (Wildman–Crippen MR) is 99.9 cm³/mol. The van der Waals surface area contributed by atoms with Gasteiger partial charge in [0.1, 0.15) is 0 Å². The van der Waals surface area contributed by atoms with E-state index in [0.29, 0.717) is 5.92 Å². The Morgan fingerprint density at radius 2 is 2.05 bits per heavy atom. The van der Waals surface area contributed by atoms with Gasteiger partial charge in [-0.3, -0.25) is 0 Å². The van der Waals surface area contributed by atoms with Crippen LogP contribution in [-0.2, 0) is 13.1 Å². The van der Waals surface area contributed by atoms with E-state index in [1.165, 1.54) is 22.0 Å². The quantitative estimate of drug-likeness (QED) is 0.888. The Bertz CT molecular complexity index is 586. The van der Waals surface area contributed by atoms with Gasteiger partial charge < -0.3 is 10.2 Å². The fraction of sp³-hybridized carbons (Fsp3) is 0.438. The number of fused-ring (bicyclic) bond motifs is 1. The van der Waals surface area contributed by atoms with Crippen molar-refractivity contribution >= 4 is 41.8 Å². The first kappa shape index (κ1) is 19.2. The number of anilines is 1. The molecule has 3 nitrogen and oxygen atoms in total. The maximum atomic E-state index is 4.76. The molecular formula is C16H23Cl2N3S. The number of nitrogens with one attached hydrogen (secondary N) is 1.